The van der Waals surface area contributed by atoms with E-state index in [0.29, 0.717) is 6.61 Å². The zero-order valence-electron chi connectivity index (χ0n) is 11.8. The smallest absolute Gasteiger partial charge is 0.362 e. The van der Waals surface area contributed by atoms with E-state index in [1.165, 1.54) is 4.90 Å². The molecule has 0 atom stereocenters. The van der Waals surface area contributed by atoms with Crippen LogP contribution in [0.1, 0.15) is 5.56 Å². The number of hydrogen-bond donors (Lipinski definition) is 1. The van der Waals surface area contributed by atoms with Gasteiger partial charge in [0.2, 0.25) is 5.91 Å². The lowest BCUT2D eigenvalue weighted by molar-refractivity contribution is -0.353. The Balaban J connectivity index is 1.52. The molecular weight excluding hydrogens is 301 g/mol. The van der Waals surface area contributed by atoms with E-state index >= 15 is 0 Å². The molecule has 1 N–H and O–H groups in total. The van der Waals surface area contributed by atoms with E-state index in [-0.39, 0.29) is 32.3 Å². The number of likely N-dealkylation sites (tertiary alicyclic amines) is 1. The fourth-order valence-electron chi connectivity index (χ4n) is 1.99. The van der Waals surface area contributed by atoms with Crippen LogP contribution in [0.4, 0.5) is 13.2 Å². The first kappa shape index (κ1) is 16.7. The summed E-state index contributed by atoms with van der Waals surface area (Å²) in [5, 5.41) is 2.79. The molecule has 8 heteroatoms. The lowest BCUT2D eigenvalue weighted by atomic mass is 10.1. The van der Waals surface area contributed by atoms with Gasteiger partial charge in [-0.3, -0.25) is 14.8 Å². The lowest BCUT2D eigenvalue weighted by Crippen LogP contribution is -2.57. The molecule has 0 radical (unpaired) electrons. The minimum absolute atomic E-state index is 0.0214. The van der Waals surface area contributed by atoms with Crippen molar-refractivity contribution >= 4 is 5.91 Å². The van der Waals surface area contributed by atoms with Crippen molar-refractivity contribution in [2.24, 2.45) is 0 Å². The largest absolute Gasteiger partial charge is 0.522 e. The van der Waals surface area contributed by atoms with Gasteiger partial charge in [-0.1, -0.05) is 30.3 Å². The Morgan fingerprint density at radius 1 is 1.27 bits per heavy atom. The maximum absolute atomic E-state index is 11.9. The van der Waals surface area contributed by atoms with Gasteiger partial charge in [-0.2, -0.15) is 0 Å². The second-order valence-corrected chi connectivity index (χ2v) is 4.89. The molecule has 0 unspecified atom stereocenters. The highest BCUT2D eigenvalue weighted by Gasteiger charge is 2.40. The molecule has 0 aromatic heterocycles. The van der Waals surface area contributed by atoms with Crippen molar-refractivity contribution in [2.45, 2.75) is 19.1 Å². The number of carbonyl (C=O) groups is 1. The van der Waals surface area contributed by atoms with Crippen molar-refractivity contribution in [1.29, 1.82) is 0 Å². The van der Waals surface area contributed by atoms with Gasteiger partial charge in [0.05, 0.1) is 19.9 Å². The van der Waals surface area contributed by atoms with Crippen LogP contribution < -0.4 is 5.32 Å². The van der Waals surface area contributed by atoms with Crippen molar-refractivity contribution < 1.29 is 27.4 Å². The number of amides is 1. The highest BCUT2D eigenvalue weighted by molar-refractivity contribution is 5.79. The highest BCUT2D eigenvalue weighted by atomic mass is 19.4. The SMILES string of the molecule is O=C(CNCOCc1ccccc1)N1CC(OC(F)(F)F)C1. The molecule has 0 saturated carbocycles. The Labute approximate surface area is 126 Å². The van der Waals surface area contributed by atoms with Crippen LogP contribution in [-0.4, -0.2) is 49.6 Å². The van der Waals surface area contributed by atoms with Crippen molar-refractivity contribution in [3.8, 4) is 0 Å². The first-order valence-electron chi connectivity index (χ1n) is 6.79. The fraction of sp³-hybridized carbons (Fsp3) is 0.500. The van der Waals surface area contributed by atoms with Gasteiger partial charge in [-0.15, -0.1) is 13.2 Å². The number of nitrogens with zero attached hydrogens (tertiary/aromatic N) is 1. The minimum atomic E-state index is -4.65. The van der Waals surface area contributed by atoms with Crippen LogP contribution in [0.3, 0.4) is 0 Å². The summed E-state index contributed by atoms with van der Waals surface area (Å²) in [6.07, 6.45) is -5.61. The van der Waals surface area contributed by atoms with Crippen LogP contribution in [0, 0.1) is 0 Å². The normalized spacial score (nSPS) is 15.7. The van der Waals surface area contributed by atoms with Crippen LogP contribution >= 0.6 is 0 Å². The Kier molecular flexibility index (Phi) is 5.76. The molecule has 1 heterocycles. The first-order valence-corrected chi connectivity index (χ1v) is 6.79. The summed E-state index contributed by atoms with van der Waals surface area (Å²) in [4.78, 5) is 12.9. The molecule has 122 valence electrons. The number of benzene rings is 1. The number of rotatable bonds is 7. The van der Waals surface area contributed by atoms with E-state index in [1.54, 1.807) is 0 Å². The topological polar surface area (TPSA) is 50.8 Å². The van der Waals surface area contributed by atoms with Crippen molar-refractivity contribution in [3.63, 3.8) is 0 Å². The van der Waals surface area contributed by atoms with E-state index in [2.05, 4.69) is 10.1 Å². The molecule has 1 aromatic carbocycles. The van der Waals surface area contributed by atoms with Gasteiger partial charge >= 0.3 is 6.36 Å². The molecule has 1 amide bonds. The average molecular weight is 318 g/mol. The third-order valence-corrected chi connectivity index (χ3v) is 3.09. The molecule has 22 heavy (non-hydrogen) atoms. The third-order valence-electron chi connectivity index (χ3n) is 3.09. The molecule has 0 aliphatic carbocycles. The summed E-state index contributed by atoms with van der Waals surface area (Å²) < 4.78 is 44.9. The number of alkyl halides is 3. The Morgan fingerprint density at radius 2 is 1.95 bits per heavy atom. The molecule has 1 aliphatic heterocycles. The maximum atomic E-state index is 11.9. The van der Waals surface area contributed by atoms with Gasteiger partial charge in [0.15, 0.2) is 0 Å². The summed E-state index contributed by atoms with van der Waals surface area (Å²) in [5.74, 6) is -0.273. The molecule has 1 aliphatic rings. The molecule has 0 spiro atoms. The summed E-state index contributed by atoms with van der Waals surface area (Å²) in [6.45, 7) is 0.563. The predicted molar refractivity (Wildman–Crippen MR) is 71.6 cm³/mol. The number of carbonyl (C=O) groups excluding carboxylic acids is 1. The van der Waals surface area contributed by atoms with E-state index in [4.69, 9.17) is 4.74 Å². The summed E-state index contributed by atoms with van der Waals surface area (Å²) in [6, 6.07) is 9.55. The van der Waals surface area contributed by atoms with Crippen LogP contribution in [0.15, 0.2) is 30.3 Å². The van der Waals surface area contributed by atoms with E-state index in [1.807, 2.05) is 30.3 Å². The molecule has 0 bridgehead atoms. The van der Waals surface area contributed by atoms with Gasteiger partial charge in [0.25, 0.3) is 0 Å². The summed E-state index contributed by atoms with van der Waals surface area (Å²) >= 11 is 0. The average Bonchev–Trinajstić information content (AvgIpc) is 2.42. The van der Waals surface area contributed by atoms with Crippen molar-refractivity contribution in [3.05, 3.63) is 35.9 Å². The van der Waals surface area contributed by atoms with Crippen molar-refractivity contribution in [2.75, 3.05) is 26.4 Å². The molecular formula is C14H17F3N2O3. The maximum Gasteiger partial charge on any atom is 0.522 e. The monoisotopic (exact) mass is 318 g/mol. The van der Waals surface area contributed by atoms with Crippen LogP contribution in [0.2, 0.25) is 0 Å². The standard InChI is InChI=1S/C14H17F3N2O3/c15-14(16,17)22-12-7-19(8-12)13(20)6-18-10-21-9-11-4-2-1-3-5-11/h1-5,12,18H,6-10H2. The quantitative estimate of drug-likeness (QED) is 0.611. The second-order valence-electron chi connectivity index (χ2n) is 4.89. The van der Waals surface area contributed by atoms with Gasteiger partial charge < -0.3 is 9.64 Å². The number of ether oxygens (including phenoxy) is 2. The minimum Gasteiger partial charge on any atom is -0.362 e. The van der Waals surface area contributed by atoms with Gasteiger partial charge in [0, 0.05) is 13.1 Å². The van der Waals surface area contributed by atoms with E-state index < -0.39 is 12.5 Å². The van der Waals surface area contributed by atoms with Gasteiger partial charge in [-0.05, 0) is 5.56 Å². The lowest BCUT2D eigenvalue weighted by Gasteiger charge is -2.39. The van der Waals surface area contributed by atoms with Crippen LogP contribution in [0.5, 0.6) is 0 Å². The van der Waals surface area contributed by atoms with Crippen LogP contribution in [-0.2, 0) is 20.9 Å². The first-order chi connectivity index (χ1) is 10.4. The Bertz CT molecular complexity index is 476. The number of hydrogen-bond acceptors (Lipinski definition) is 4. The Morgan fingerprint density at radius 3 is 2.59 bits per heavy atom. The summed E-state index contributed by atoms with van der Waals surface area (Å²) in [5.41, 5.74) is 1.02. The molecule has 1 aromatic rings. The zero-order valence-corrected chi connectivity index (χ0v) is 11.8. The fourth-order valence-corrected chi connectivity index (χ4v) is 1.99. The molecule has 2 rings (SSSR count). The summed E-state index contributed by atoms with van der Waals surface area (Å²) in [7, 11) is 0. The zero-order chi connectivity index (χ0) is 16.0. The van der Waals surface area contributed by atoms with Crippen molar-refractivity contribution in [1.82, 2.24) is 10.2 Å². The number of nitrogens with one attached hydrogen (secondary N) is 1. The number of halogens is 3. The van der Waals surface area contributed by atoms with E-state index in [9.17, 15) is 18.0 Å². The molecule has 1 fully saturated rings. The van der Waals surface area contributed by atoms with Crippen LogP contribution in [0.25, 0.3) is 0 Å². The Hall–Kier alpha value is -1.64. The van der Waals surface area contributed by atoms with E-state index in [0.717, 1.165) is 5.56 Å². The third kappa shape index (κ3) is 5.63. The molecule has 5 nitrogen and oxygen atoms in total. The predicted octanol–water partition coefficient (Wildman–Crippen LogP) is 1.50. The van der Waals surface area contributed by atoms with Gasteiger partial charge in [0.1, 0.15) is 6.10 Å². The van der Waals surface area contributed by atoms with Gasteiger partial charge in [-0.25, -0.2) is 0 Å². The molecule has 1 saturated heterocycles. The highest BCUT2D eigenvalue weighted by Crippen LogP contribution is 2.23. The second kappa shape index (κ2) is 7.57.